The molecule has 1 amide bonds. The predicted molar refractivity (Wildman–Crippen MR) is 60.6 cm³/mol. The number of hydrogen-bond acceptors (Lipinski definition) is 1. The molecule has 1 saturated heterocycles. The van der Waals surface area contributed by atoms with E-state index in [0.717, 1.165) is 4.90 Å². The molecule has 0 saturated carbocycles. The van der Waals surface area contributed by atoms with Crippen LogP contribution in [0.1, 0.15) is 12.0 Å². The third-order valence-corrected chi connectivity index (χ3v) is 2.95. The Morgan fingerprint density at radius 2 is 1.89 bits per heavy atom. The quantitative estimate of drug-likeness (QED) is 0.744. The summed E-state index contributed by atoms with van der Waals surface area (Å²) in [5, 5.41) is 0. The molecule has 1 atom stereocenters. The highest BCUT2D eigenvalue weighted by molar-refractivity contribution is 5.95. The standard InChI is InChI=1S/C13H12F3NO/c1-9-7-11(13(14,15)16)17(12(9)18)8-10-5-3-2-4-6-10/h2-6,11H,1,7-8H2. The summed E-state index contributed by atoms with van der Waals surface area (Å²) in [6, 6.07) is 6.87. The molecule has 0 aromatic heterocycles. The number of carbonyl (C=O) groups is 1. The van der Waals surface area contributed by atoms with Gasteiger partial charge in [0.15, 0.2) is 0 Å². The number of benzene rings is 1. The first-order valence-corrected chi connectivity index (χ1v) is 5.49. The third kappa shape index (κ3) is 2.39. The summed E-state index contributed by atoms with van der Waals surface area (Å²) < 4.78 is 38.5. The number of nitrogens with zero attached hydrogens (tertiary/aromatic N) is 1. The van der Waals surface area contributed by atoms with Crippen LogP contribution in [0, 0.1) is 0 Å². The van der Waals surface area contributed by atoms with Crippen molar-refractivity contribution in [3.8, 4) is 0 Å². The van der Waals surface area contributed by atoms with Crippen molar-refractivity contribution < 1.29 is 18.0 Å². The van der Waals surface area contributed by atoms with Gasteiger partial charge in [0.25, 0.3) is 0 Å². The normalized spacial score (nSPS) is 20.6. The van der Waals surface area contributed by atoms with Crippen molar-refractivity contribution >= 4 is 5.91 Å². The predicted octanol–water partition coefficient (Wildman–Crippen LogP) is 2.91. The smallest absolute Gasteiger partial charge is 0.322 e. The molecule has 0 bridgehead atoms. The number of amides is 1. The molecule has 1 unspecified atom stereocenters. The van der Waals surface area contributed by atoms with E-state index in [1.54, 1.807) is 30.3 Å². The van der Waals surface area contributed by atoms with Crippen LogP contribution in [0.4, 0.5) is 13.2 Å². The second-order valence-corrected chi connectivity index (χ2v) is 4.28. The summed E-state index contributed by atoms with van der Waals surface area (Å²) in [6.45, 7) is 3.36. The van der Waals surface area contributed by atoms with Crippen molar-refractivity contribution in [2.24, 2.45) is 0 Å². The molecular weight excluding hydrogens is 243 g/mol. The zero-order valence-corrected chi connectivity index (χ0v) is 9.57. The lowest BCUT2D eigenvalue weighted by Gasteiger charge is -2.26. The Bertz CT molecular complexity index is 467. The molecule has 1 aliphatic heterocycles. The van der Waals surface area contributed by atoms with E-state index in [1.807, 2.05) is 0 Å². The molecular formula is C13H12F3NO. The van der Waals surface area contributed by atoms with Gasteiger partial charge in [-0.2, -0.15) is 13.2 Å². The van der Waals surface area contributed by atoms with Crippen LogP contribution in [0.5, 0.6) is 0 Å². The molecule has 18 heavy (non-hydrogen) atoms. The fourth-order valence-electron chi connectivity index (χ4n) is 2.03. The average molecular weight is 255 g/mol. The van der Waals surface area contributed by atoms with E-state index in [2.05, 4.69) is 6.58 Å². The van der Waals surface area contributed by atoms with Gasteiger partial charge in [0.1, 0.15) is 6.04 Å². The van der Waals surface area contributed by atoms with Crippen molar-refractivity contribution in [3.63, 3.8) is 0 Å². The summed E-state index contributed by atoms with van der Waals surface area (Å²) in [6.07, 6.45) is -4.75. The lowest BCUT2D eigenvalue weighted by molar-refractivity contribution is -0.181. The van der Waals surface area contributed by atoms with Crippen LogP contribution in [0.25, 0.3) is 0 Å². The van der Waals surface area contributed by atoms with E-state index in [1.165, 1.54) is 0 Å². The molecule has 1 heterocycles. The monoisotopic (exact) mass is 255 g/mol. The summed E-state index contributed by atoms with van der Waals surface area (Å²) in [4.78, 5) is 12.5. The third-order valence-electron chi connectivity index (χ3n) is 2.95. The fourth-order valence-corrected chi connectivity index (χ4v) is 2.03. The molecule has 0 spiro atoms. The molecule has 0 N–H and O–H groups in total. The largest absolute Gasteiger partial charge is 0.409 e. The molecule has 0 radical (unpaired) electrons. The average Bonchev–Trinajstić information content (AvgIpc) is 2.58. The minimum Gasteiger partial charge on any atom is -0.322 e. The van der Waals surface area contributed by atoms with Gasteiger partial charge in [-0.25, -0.2) is 0 Å². The van der Waals surface area contributed by atoms with Crippen LogP contribution in [0.2, 0.25) is 0 Å². The van der Waals surface area contributed by atoms with Gasteiger partial charge >= 0.3 is 6.18 Å². The van der Waals surface area contributed by atoms with Crippen LogP contribution in [-0.2, 0) is 11.3 Å². The van der Waals surface area contributed by atoms with Gasteiger partial charge in [-0.15, -0.1) is 0 Å². The van der Waals surface area contributed by atoms with Gasteiger partial charge in [-0.1, -0.05) is 36.9 Å². The van der Waals surface area contributed by atoms with Crippen LogP contribution in [-0.4, -0.2) is 23.0 Å². The highest BCUT2D eigenvalue weighted by Crippen LogP contribution is 2.36. The summed E-state index contributed by atoms with van der Waals surface area (Å²) in [5.74, 6) is -0.610. The van der Waals surface area contributed by atoms with E-state index < -0.39 is 18.1 Å². The number of halogens is 3. The minimum atomic E-state index is -4.41. The Morgan fingerprint density at radius 1 is 1.28 bits per heavy atom. The molecule has 1 aromatic carbocycles. The lowest BCUT2D eigenvalue weighted by atomic mass is 10.1. The van der Waals surface area contributed by atoms with Gasteiger partial charge in [-0.3, -0.25) is 4.79 Å². The highest BCUT2D eigenvalue weighted by Gasteiger charge is 2.50. The number of alkyl halides is 3. The second-order valence-electron chi connectivity index (χ2n) is 4.28. The number of likely N-dealkylation sites (tertiary alicyclic amines) is 1. The molecule has 2 rings (SSSR count). The number of rotatable bonds is 2. The van der Waals surface area contributed by atoms with E-state index in [4.69, 9.17) is 0 Å². The highest BCUT2D eigenvalue weighted by atomic mass is 19.4. The zero-order valence-electron chi connectivity index (χ0n) is 9.57. The summed E-state index contributed by atoms with van der Waals surface area (Å²) >= 11 is 0. The van der Waals surface area contributed by atoms with Gasteiger partial charge in [-0.05, 0) is 5.56 Å². The van der Waals surface area contributed by atoms with Crippen LogP contribution >= 0.6 is 0 Å². The van der Waals surface area contributed by atoms with Crippen molar-refractivity contribution in [2.45, 2.75) is 25.2 Å². The Kier molecular flexibility index (Phi) is 3.15. The summed E-state index contributed by atoms with van der Waals surface area (Å²) in [5.41, 5.74) is 0.697. The van der Waals surface area contributed by atoms with Crippen LogP contribution in [0.15, 0.2) is 42.5 Å². The summed E-state index contributed by atoms with van der Waals surface area (Å²) in [7, 11) is 0. The van der Waals surface area contributed by atoms with Gasteiger partial charge in [0.2, 0.25) is 5.91 Å². The molecule has 2 nitrogen and oxygen atoms in total. The number of hydrogen-bond donors (Lipinski definition) is 0. The van der Waals surface area contributed by atoms with E-state index in [-0.39, 0.29) is 18.5 Å². The second kappa shape index (κ2) is 4.48. The SMILES string of the molecule is C=C1CC(C(F)(F)F)N(Cc2ccccc2)C1=O. The van der Waals surface area contributed by atoms with Crippen molar-refractivity contribution in [2.75, 3.05) is 0 Å². The molecule has 96 valence electrons. The van der Waals surface area contributed by atoms with Crippen molar-refractivity contribution in [1.29, 1.82) is 0 Å². The molecule has 5 heteroatoms. The zero-order chi connectivity index (χ0) is 13.3. The molecule has 1 fully saturated rings. The first kappa shape index (κ1) is 12.7. The Labute approximate surface area is 103 Å². The first-order valence-electron chi connectivity index (χ1n) is 5.49. The topological polar surface area (TPSA) is 20.3 Å². The van der Waals surface area contributed by atoms with E-state index in [0.29, 0.717) is 5.56 Å². The molecule has 1 aliphatic rings. The maximum absolute atomic E-state index is 12.8. The van der Waals surface area contributed by atoms with Gasteiger partial charge < -0.3 is 4.90 Å². The Balaban J connectivity index is 2.23. The lowest BCUT2D eigenvalue weighted by Crippen LogP contribution is -2.42. The molecule has 0 aliphatic carbocycles. The van der Waals surface area contributed by atoms with Crippen molar-refractivity contribution in [1.82, 2.24) is 4.90 Å². The van der Waals surface area contributed by atoms with Crippen LogP contribution < -0.4 is 0 Å². The Morgan fingerprint density at radius 3 is 2.44 bits per heavy atom. The van der Waals surface area contributed by atoms with E-state index in [9.17, 15) is 18.0 Å². The van der Waals surface area contributed by atoms with Gasteiger partial charge in [0.05, 0.1) is 0 Å². The maximum Gasteiger partial charge on any atom is 0.409 e. The molecule has 1 aromatic rings. The van der Waals surface area contributed by atoms with Gasteiger partial charge in [0, 0.05) is 18.5 Å². The minimum absolute atomic E-state index is 0.0215. The first-order chi connectivity index (χ1) is 8.39. The van der Waals surface area contributed by atoms with Crippen LogP contribution in [0.3, 0.4) is 0 Å². The Hall–Kier alpha value is -1.78. The van der Waals surface area contributed by atoms with Crippen molar-refractivity contribution in [3.05, 3.63) is 48.0 Å². The maximum atomic E-state index is 12.8. The number of carbonyl (C=O) groups excluding carboxylic acids is 1. The fraction of sp³-hybridized carbons (Fsp3) is 0.308. The van der Waals surface area contributed by atoms with E-state index >= 15 is 0 Å².